The number of nitrogens with two attached hydrogens (primary N) is 1. The fourth-order valence-electron chi connectivity index (χ4n) is 0.770. The molecule has 0 radical (unpaired) electrons. The van der Waals surface area contributed by atoms with E-state index >= 15 is 0 Å². The summed E-state index contributed by atoms with van der Waals surface area (Å²) in [7, 11) is 0. The lowest BCUT2D eigenvalue weighted by atomic mass is 10.7. The van der Waals surface area contributed by atoms with Gasteiger partial charge in [0, 0.05) is 13.1 Å². The first-order valence-electron chi connectivity index (χ1n) is 4.61. The number of hydroxylamine groups is 1. The van der Waals surface area contributed by atoms with E-state index in [4.69, 9.17) is 10.9 Å². The molecule has 0 unspecified atom stereocenters. The van der Waals surface area contributed by atoms with Gasteiger partial charge in [-0.2, -0.15) is 0 Å². The van der Waals surface area contributed by atoms with Gasteiger partial charge in [-0.05, 0) is 13.8 Å². The molecule has 0 saturated heterocycles. The van der Waals surface area contributed by atoms with E-state index in [1.807, 2.05) is 19.3 Å². The van der Waals surface area contributed by atoms with E-state index in [9.17, 15) is 0 Å². The molecular formula is C8H18N6O. The van der Waals surface area contributed by atoms with Gasteiger partial charge in [0.25, 0.3) is 0 Å². The smallest absolute Gasteiger partial charge is 0.203 e. The number of rotatable bonds is 4. The minimum Gasteiger partial charge on any atom is -0.370 e. The molecule has 0 bridgehead atoms. The Kier molecular flexibility index (Phi) is 6.73. The van der Waals surface area contributed by atoms with Gasteiger partial charge < -0.3 is 11.1 Å². The van der Waals surface area contributed by atoms with E-state index in [2.05, 4.69) is 27.2 Å². The highest BCUT2D eigenvalue weighted by molar-refractivity contribution is 5.98. The molecule has 86 valence electrons. The van der Waals surface area contributed by atoms with Crippen LogP contribution in [0.5, 0.6) is 0 Å². The minimum absolute atomic E-state index is 0.194. The van der Waals surface area contributed by atoms with Crippen LogP contribution in [0.2, 0.25) is 0 Å². The summed E-state index contributed by atoms with van der Waals surface area (Å²) in [5.74, 6) is 0.820. The fourth-order valence-corrected chi connectivity index (χ4v) is 0.770. The highest BCUT2D eigenvalue weighted by Crippen LogP contribution is 1.78. The molecule has 0 atom stereocenters. The Morgan fingerprint density at radius 3 is 2.33 bits per heavy atom. The summed E-state index contributed by atoms with van der Waals surface area (Å²) < 4.78 is 0. The first-order valence-corrected chi connectivity index (χ1v) is 4.61. The van der Waals surface area contributed by atoms with Gasteiger partial charge in [0.05, 0.1) is 0 Å². The van der Waals surface area contributed by atoms with Gasteiger partial charge in [0.2, 0.25) is 5.96 Å². The molecule has 15 heavy (non-hydrogen) atoms. The first-order chi connectivity index (χ1) is 7.13. The van der Waals surface area contributed by atoms with Crippen LogP contribution in [0.15, 0.2) is 22.4 Å². The summed E-state index contributed by atoms with van der Waals surface area (Å²) >= 11 is 0. The van der Waals surface area contributed by atoms with Crippen LogP contribution in [0.3, 0.4) is 0 Å². The molecule has 6 N–H and O–H groups in total. The third kappa shape index (κ3) is 6.33. The van der Waals surface area contributed by atoms with Crippen molar-refractivity contribution in [1.82, 2.24) is 16.1 Å². The number of guanidine groups is 2. The summed E-state index contributed by atoms with van der Waals surface area (Å²) in [5, 5.41) is 14.0. The van der Waals surface area contributed by atoms with Crippen molar-refractivity contribution in [3.05, 3.63) is 12.4 Å². The molecule has 0 heterocycles. The van der Waals surface area contributed by atoms with Crippen LogP contribution >= 0.6 is 0 Å². The van der Waals surface area contributed by atoms with Gasteiger partial charge in [-0.15, -0.1) is 0 Å². The van der Waals surface area contributed by atoms with Crippen molar-refractivity contribution in [2.75, 3.05) is 13.1 Å². The largest absolute Gasteiger partial charge is 0.370 e. The van der Waals surface area contributed by atoms with Gasteiger partial charge >= 0.3 is 0 Å². The van der Waals surface area contributed by atoms with Crippen LogP contribution < -0.4 is 21.8 Å². The highest BCUT2D eigenvalue weighted by Gasteiger charge is 2.00. The lowest BCUT2D eigenvalue weighted by Gasteiger charge is -2.12. The fraction of sp³-hybridized carbons (Fsp3) is 0.500. The van der Waals surface area contributed by atoms with Gasteiger partial charge in [0.1, 0.15) is 5.82 Å². The molecule has 0 amide bonds. The molecule has 0 spiro atoms. The third-order valence-corrected chi connectivity index (χ3v) is 1.30. The second-order valence-corrected chi connectivity index (χ2v) is 2.52. The monoisotopic (exact) mass is 214 g/mol. The van der Waals surface area contributed by atoms with Crippen molar-refractivity contribution in [1.29, 1.82) is 0 Å². The molecule has 0 aromatic rings. The van der Waals surface area contributed by atoms with Crippen LogP contribution in [0, 0.1) is 0 Å². The zero-order valence-electron chi connectivity index (χ0n) is 9.04. The molecule has 7 heteroatoms. The predicted molar refractivity (Wildman–Crippen MR) is 60.5 cm³/mol. The molecule has 0 aliphatic heterocycles. The van der Waals surface area contributed by atoms with Gasteiger partial charge in [-0.1, -0.05) is 6.58 Å². The van der Waals surface area contributed by atoms with Gasteiger partial charge in [0.15, 0.2) is 5.96 Å². The summed E-state index contributed by atoms with van der Waals surface area (Å²) in [6.07, 6.45) is 0. The average Bonchev–Trinajstić information content (AvgIpc) is 2.18. The first kappa shape index (κ1) is 13.2. The summed E-state index contributed by atoms with van der Waals surface area (Å²) in [5.41, 5.74) is 7.39. The van der Waals surface area contributed by atoms with Crippen molar-refractivity contribution < 1.29 is 5.21 Å². The van der Waals surface area contributed by atoms with Gasteiger partial charge in [-0.3, -0.25) is 26.0 Å². The molecule has 0 rings (SSSR count). The Labute approximate surface area is 89.1 Å². The van der Waals surface area contributed by atoms with E-state index in [0.717, 1.165) is 0 Å². The van der Waals surface area contributed by atoms with Crippen molar-refractivity contribution in [3.8, 4) is 0 Å². The van der Waals surface area contributed by atoms with Crippen LogP contribution in [-0.2, 0) is 0 Å². The van der Waals surface area contributed by atoms with E-state index in [1.54, 1.807) is 0 Å². The van der Waals surface area contributed by atoms with E-state index in [0.29, 0.717) is 19.0 Å². The van der Waals surface area contributed by atoms with Crippen molar-refractivity contribution in [3.63, 3.8) is 0 Å². The molecular weight excluding hydrogens is 196 g/mol. The second-order valence-electron chi connectivity index (χ2n) is 2.52. The summed E-state index contributed by atoms with van der Waals surface area (Å²) in [6, 6.07) is 0. The maximum absolute atomic E-state index is 8.53. The minimum atomic E-state index is 0.194. The van der Waals surface area contributed by atoms with Crippen molar-refractivity contribution in [2.24, 2.45) is 15.7 Å². The Morgan fingerprint density at radius 2 is 1.87 bits per heavy atom. The number of hydrogen-bond acceptors (Lipinski definition) is 4. The maximum Gasteiger partial charge on any atom is 0.203 e. The standard InChI is InChI=1S/C8H18N6O/c1-4-10-7(9)13-8(11-5-2)12-6(3)14-15/h14-15H,3-5H2,1-2H3,(H4,9,10,11,12,13). The lowest BCUT2D eigenvalue weighted by Crippen LogP contribution is -2.45. The Bertz CT molecular complexity index is 260. The van der Waals surface area contributed by atoms with E-state index in [1.165, 1.54) is 0 Å². The van der Waals surface area contributed by atoms with Crippen molar-refractivity contribution in [2.45, 2.75) is 13.8 Å². The maximum atomic E-state index is 8.53. The Hall–Kier alpha value is -1.76. The molecule has 7 nitrogen and oxygen atoms in total. The normalized spacial score (nSPS) is 12.2. The Morgan fingerprint density at radius 1 is 1.27 bits per heavy atom. The van der Waals surface area contributed by atoms with E-state index < -0.39 is 0 Å². The highest BCUT2D eigenvalue weighted by atomic mass is 16.5. The molecule has 0 aromatic carbocycles. The number of hydrogen-bond donors (Lipinski definition) is 5. The molecule has 0 aliphatic carbocycles. The van der Waals surface area contributed by atoms with Crippen LogP contribution in [0.1, 0.15) is 13.8 Å². The molecule has 0 aromatic heterocycles. The molecule has 0 aliphatic rings. The van der Waals surface area contributed by atoms with Crippen LogP contribution in [0.25, 0.3) is 0 Å². The number of nitrogens with one attached hydrogen (secondary N) is 3. The van der Waals surface area contributed by atoms with E-state index in [-0.39, 0.29) is 11.8 Å². The second kappa shape index (κ2) is 7.63. The number of aliphatic imine (C=N–C) groups is 2. The quantitative estimate of drug-likeness (QED) is 0.242. The molecule has 0 saturated carbocycles. The topological polar surface area (TPSA) is 107 Å². The van der Waals surface area contributed by atoms with Crippen LogP contribution in [0.4, 0.5) is 0 Å². The SMILES string of the molecule is C=C(NO)NC(=NCC)NC(N)=NCC. The summed E-state index contributed by atoms with van der Waals surface area (Å²) in [4.78, 5) is 7.99. The molecule has 0 fully saturated rings. The number of nitrogens with zero attached hydrogens (tertiary/aromatic N) is 2. The zero-order valence-corrected chi connectivity index (χ0v) is 9.04. The zero-order chi connectivity index (χ0) is 11.7. The summed E-state index contributed by atoms with van der Waals surface area (Å²) in [6.45, 7) is 8.35. The third-order valence-electron chi connectivity index (χ3n) is 1.30. The Balaban J connectivity index is 4.35. The predicted octanol–water partition coefficient (Wildman–Crippen LogP) is -0.674. The van der Waals surface area contributed by atoms with Crippen LogP contribution in [-0.4, -0.2) is 30.2 Å². The van der Waals surface area contributed by atoms with Gasteiger partial charge in [-0.25, -0.2) is 0 Å². The average molecular weight is 214 g/mol. The van der Waals surface area contributed by atoms with Crippen molar-refractivity contribution >= 4 is 11.9 Å². The lowest BCUT2D eigenvalue weighted by molar-refractivity contribution is 0.196.